The van der Waals surface area contributed by atoms with Crippen LogP contribution in [0.25, 0.3) is 0 Å². The Morgan fingerprint density at radius 2 is 1.93 bits per heavy atom. The van der Waals surface area contributed by atoms with Crippen LogP contribution in [-0.2, 0) is 15.1 Å². The number of carbonyl (C=O) groups is 1. The molecule has 148 valence electrons. The van der Waals surface area contributed by atoms with Crippen LogP contribution in [-0.4, -0.2) is 18.7 Å². The Bertz CT molecular complexity index is 718. The highest BCUT2D eigenvalue weighted by atomic mass is 16.6. The van der Waals surface area contributed by atoms with Crippen LogP contribution < -0.4 is 10.1 Å². The van der Waals surface area contributed by atoms with Gasteiger partial charge in [0.05, 0.1) is 13.4 Å². The molecule has 1 atom stereocenters. The van der Waals surface area contributed by atoms with Crippen molar-refractivity contribution in [2.75, 3.05) is 12.4 Å². The molecular weight excluding hydrogens is 342 g/mol. The van der Waals surface area contributed by atoms with Crippen LogP contribution in [0.5, 0.6) is 5.75 Å². The van der Waals surface area contributed by atoms with Crippen molar-refractivity contribution in [2.24, 2.45) is 0 Å². The molecule has 0 fully saturated rings. The van der Waals surface area contributed by atoms with E-state index in [2.05, 4.69) is 12.2 Å². The number of esters is 1. The smallest absolute Gasteiger partial charge is 0.340 e. The van der Waals surface area contributed by atoms with Gasteiger partial charge in [0, 0.05) is 11.8 Å². The van der Waals surface area contributed by atoms with E-state index in [0.29, 0.717) is 17.9 Å². The van der Waals surface area contributed by atoms with Gasteiger partial charge < -0.3 is 19.2 Å². The van der Waals surface area contributed by atoms with E-state index in [1.54, 1.807) is 19.4 Å². The van der Waals surface area contributed by atoms with Gasteiger partial charge in [-0.15, -0.1) is 0 Å². The summed E-state index contributed by atoms with van der Waals surface area (Å²) in [6.07, 6.45) is 5.10. The summed E-state index contributed by atoms with van der Waals surface area (Å²) in [5, 5.41) is 3.40. The molecule has 0 bridgehead atoms. The molecule has 1 aromatic heterocycles. The lowest BCUT2D eigenvalue weighted by Gasteiger charge is -2.34. The van der Waals surface area contributed by atoms with Gasteiger partial charge >= 0.3 is 5.97 Å². The predicted octanol–water partition coefficient (Wildman–Crippen LogP) is 5.52. The molecule has 2 aromatic rings. The summed E-state index contributed by atoms with van der Waals surface area (Å²) in [5.74, 6) is 0.922. The molecule has 5 nitrogen and oxygen atoms in total. The van der Waals surface area contributed by atoms with E-state index < -0.39 is 11.1 Å². The third-order valence-corrected chi connectivity index (χ3v) is 4.27. The number of ether oxygens (including phenoxy) is 2. The van der Waals surface area contributed by atoms with Crippen LogP contribution in [0.3, 0.4) is 0 Å². The zero-order valence-electron chi connectivity index (χ0n) is 17.0. The minimum atomic E-state index is -1.10. The molecule has 5 heteroatoms. The second kappa shape index (κ2) is 8.98. The van der Waals surface area contributed by atoms with Gasteiger partial charge in [-0.25, -0.2) is 4.79 Å². The molecule has 0 aliphatic rings. The summed E-state index contributed by atoms with van der Waals surface area (Å²) in [4.78, 5) is 13.4. The zero-order chi connectivity index (χ0) is 19.9. The van der Waals surface area contributed by atoms with E-state index in [1.165, 1.54) is 0 Å². The Labute approximate surface area is 162 Å². The van der Waals surface area contributed by atoms with Crippen LogP contribution >= 0.6 is 0 Å². The third-order valence-electron chi connectivity index (χ3n) is 4.27. The molecule has 0 amide bonds. The largest absolute Gasteiger partial charge is 0.497 e. The minimum Gasteiger partial charge on any atom is -0.497 e. The fourth-order valence-corrected chi connectivity index (χ4v) is 2.97. The molecule has 0 saturated carbocycles. The van der Waals surface area contributed by atoms with Crippen LogP contribution in [0.4, 0.5) is 5.69 Å². The second-order valence-corrected chi connectivity index (χ2v) is 7.70. The predicted molar refractivity (Wildman–Crippen MR) is 107 cm³/mol. The highest BCUT2D eigenvalue weighted by Crippen LogP contribution is 2.36. The number of methoxy groups -OCH3 is 1. The van der Waals surface area contributed by atoms with E-state index in [-0.39, 0.29) is 5.97 Å². The van der Waals surface area contributed by atoms with Crippen molar-refractivity contribution in [2.45, 2.75) is 64.5 Å². The highest BCUT2D eigenvalue weighted by molar-refractivity contribution is 5.86. The van der Waals surface area contributed by atoms with E-state index in [0.717, 1.165) is 24.9 Å². The number of furan rings is 1. The number of anilines is 1. The number of benzene rings is 1. The van der Waals surface area contributed by atoms with Crippen LogP contribution in [0.1, 0.15) is 59.1 Å². The average molecular weight is 373 g/mol. The molecule has 0 spiro atoms. The Kier molecular flexibility index (Phi) is 6.94. The first-order valence-electron chi connectivity index (χ1n) is 9.50. The van der Waals surface area contributed by atoms with Crippen molar-refractivity contribution >= 4 is 11.7 Å². The molecule has 0 aliphatic carbocycles. The summed E-state index contributed by atoms with van der Waals surface area (Å²) < 4.78 is 16.8. The Hall–Kier alpha value is -2.43. The third kappa shape index (κ3) is 5.52. The number of carbonyl (C=O) groups excluding carboxylic acids is 1. The molecule has 0 saturated heterocycles. The van der Waals surface area contributed by atoms with E-state index in [4.69, 9.17) is 13.9 Å². The Balaban J connectivity index is 2.46. The van der Waals surface area contributed by atoms with Gasteiger partial charge in [0.1, 0.15) is 17.1 Å². The molecule has 0 aliphatic heterocycles. The summed E-state index contributed by atoms with van der Waals surface area (Å²) >= 11 is 0. The number of rotatable bonds is 9. The fraction of sp³-hybridized carbons (Fsp3) is 0.500. The van der Waals surface area contributed by atoms with Crippen molar-refractivity contribution in [1.29, 1.82) is 0 Å². The first kappa shape index (κ1) is 20.9. The minimum absolute atomic E-state index is 0.344. The summed E-state index contributed by atoms with van der Waals surface area (Å²) in [7, 11) is 1.62. The Morgan fingerprint density at radius 1 is 1.15 bits per heavy atom. The monoisotopic (exact) mass is 373 g/mol. The number of hydrogen-bond donors (Lipinski definition) is 1. The fourth-order valence-electron chi connectivity index (χ4n) is 2.97. The number of hydrogen-bond acceptors (Lipinski definition) is 5. The average Bonchev–Trinajstić information content (AvgIpc) is 3.14. The standard InChI is InChI=1S/C22H31NO4/c1-6-7-8-14-22(19-13-10-15-26-19,20(24)27-21(2,3)4)23-17-11-9-12-18(16-17)25-5/h9-13,15-16,23H,6-8,14H2,1-5H3. The molecule has 0 radical (unpaired) electrons. The van der Waals surface area contributed by atoms with Gasteiger partial charge in [-0.3, -0.25) is 0 Å². The lowest BCUT2D eigenvalue weighted by molar-refractivity contribution is -0.162. The first-order valence-corrected chi connectivity index (χ1v) is 9.50. The van der Waals surface area contributed by atoms with Gasteiger partial charge in [0.25, 0.3) is 0 Å². The van der Waals surface area contributed by atoms with Gasteiger partial charge in [-0.2, -0.15) is 0 Å². The molecule has 27 heavy (non-hydrogen) atoms. The molecule has 1 heterocycles. The van der Waals surface area contributed by atoms with Gasteiger partial charge in [0.15, 0.2) is 5.54 Å². The normalized spacial score (nSPS) is 13.7. The van der Waals surface area contributed by atoms with Gasteiger partial charge in [-0.05, 0) is 51.5 Å². The van der Waals surface area contributed by atoms with Crippen LogP contribution in [0.15, 0.2) is 47.1 Å². The van der Waals surface area contributed by atoms with Gasteiger partial charge in [0.2, 0.25) is 0 Å². The molecular formula is C22H31NO4. The van der Waals surface area contributed by atoms with Gasteiger partial charge in [-0.1, -0.05) is 32.3 Å². The summed E-state index contributed by atoms with van der Waals surface area (Å²) in [6, 6.07) is 11.1. The van der Waals surface area contributed by atoms with Crippen molar-refractivity contribution < 1.29 is 18.7 Å². The SMILES string of the molecule is CCCCCC(Nc1cccc(OC)c1)(C(=O)OC(C)(C)C)c1ccco1. The lowest BCUT2D eigenvalue weighted by Crippen LogP contribution is -2.47. The zero-order valence-corrected chi connectivity index (χ0v) is 17.0. The Morgan fingerprint density at radius 3 is 2.52 bits per heavy atom. The van der Waals surface area contributed by atoms with E-state index >= 15 is 0 Å². The summed E-state index contributed by atoms with van der Waals surface area (Å²) in [6.45, 7) is 7.75. The van der Waals surface area contributed by atoms with Crippen LogP contribution in [0.2, 0.25) is 0 Å². The second-order valence-electron chi connectivity index (χ2n) is 7.70. The summed E-state index contributed by atoms with van der Waals surface area (Å²) in [5.41, 5.74) is -0.929. The maximum absolute atomic E-state index is 13.4. The van der Waals surface area contributed by atoms with Crippen LogP contribution in [0, 0.1) is 0 Å². The molecule has 1 aromatic carbocycles. The highest BCUT2D eigenvalue weighted by Gasteiger charge is 2.45. The molecule has 1 unspecified atom stereocenters. The maximum atomic E-state index is 13.4. The quantitative estimate of drug-likeness (QED) is 0.463. The van der Waals surface area contributed by atoms with Crippen molar-refractivity contribution in [1.82, 2.24) is 0 Å². The van der Waals surface area contributed by atoms with E-state index in [1.807, 2.05) is 51.1 Å². The van der Waals surface area contributed by atoms with E-state index in [9.17, 15) is 4.79 Å². The first-order chi connectivity index (χ1) is 12.8. The van der Waals surface area contributed by atoms with Crippen molar-refractivity contribution in [3.05, 3.63) is 48.4 Å². The number of nitrogens with one attached hydrogen (secondary N) is 1. The van der Waals surface area contributed by atoms with Crippen molar-refractivity contribution in [3.8, 4) is 5.75 Å². The maximum Gasteiger partial charge on any atom is 0.340 e. The number of unbranched alkanes of at least 4 members (excludes halogenated alkanes) is 2. The molecule has 2 rings (SSSR count). The topological polar surface area (TPSA) is 60.7 Å². The lowest BCUT2D eigenvalue weighted by atomic mass is 9.88. The van der Waals surface area contributed by atoms with Crippen molar-refractivity contribution in [3.63, 3.8) is 0 Å². The molecule has 1 N–H and O–H groups in total.